The number of hydrogen-bond acceptors (Lipinski definition) is 3. The number of benzene rings is 2. The van der Waals surface area contributed by atoms with Crippen molar-refractivity contribution in [1.29, 1.82) is 0 Å². The molecule has 2 aromatic carbocycles. The lowest BCUT2D eigenvalue weighted by atomic mass is 10.0. The van der Waals surface area contributed by atoms with E-state index in [1.54, 1.807) is 11.3 Å². The summed E-state index contributed by atoms with van der Waals surface area (Å²) in [5, 5.41) is 1.11. The fourth-order valence-electron chi connectivity index (χ4n) is 3.70. The first-order valence-corrected chi connectivity index (χ1v) is 10.7. The van der Waals surface area contributed by atoms with Gasteiger partial charge in [0.25, 0.3) is 0 Å². The lowest BCUT2D eigenvalue weighted by molar-refractivity contribution is 0.320. The van der Waals surface area contributed by atoms with E-state index in [2.05, 4.69) is 63.2 Å². The predicted molar refractivity (Wildman–Crippen MR) is 114 cm³/mol. The van der Waals surface area contributed by atoms with Crippen LogP contribution in [0.3, 0.4) is 0 Å². The van der Waals surface area contributed by atoms with Gasteiger partial charge in [-0.3, -0.25) is 0 Å². The summed E-state index contributed by atoms with van der Waals surface area (Å²) in [6, 6.07) is 15.4. The second-order valence-electron chi connectivity index (χ2n) is 7.68. The van der Waals surface area contributed by atoms with Crippen LogP contribution in [0.25, 0.3) is 10.6 Å². The molecule has 0 saturated heterocycles. The molecule has 2 nitrogen and oxygen atoms in total. The van der Waals surface area contributed by atoms with Crippen molar-refractivity contribution in [2.75, 3.05) is 6.61 Å². The summed E-state index contributed by atoms with van der Waals surface area (Å²) in [7, 11) is 0. The Kier molecular flexibility index (Phi) is 5.31. The van der Waals surface area contributed by atoms with Crippen LogP contribution in [0, 0.1) is 6.92 Å². The molecule has 140 valence electrons. The van der Waals surface area contributed by atoms with Crippen LogP contribution >= 0.6 is 11.3 Å². The zero-order valence-electron chi connectivity index (χ0n) is 16.4. The summed E-state index contributed by atoms with van der Waals surface area (Å²) in [4.78, 5) is 6.17. The maximum absolute atomic E-state index is 6.01. The van der Waals surface area contributed by atoms with E-state index in [0.717, 1.165) is 22.9 Å². The quantitative estimate of drug-likeness (QED) is 0.499. The van der Waals surface area contributed by atoms with Crippen LogP contribution in [0.15, 0.2) is 42.5 Å². The third kappa shape index (κ3) is 4.08. The van der Waals surface area contributed by atoms with Gasteiger partial charge < -0.3 is 4.74 Å². The highest BCUT2D eigenvalue weighted by Gasteiger charge is 2.13. The normalized spacial score (nSPS) is 13.2. The molecule has 0 N–H and O–H groups in total. The van der Waals surface area contributed by atoms with E-state index in [9.17, 15) is 0 Å². The van der Waals surface area contributed by atoms with E-state index in [4.69, 9.17) is 9.72 Å². The van der Waals surface area contributed by atoms with E-state index < -0.39 is 0 Å². The van der Waals surface area contributed by atoms with E-state index >= 15 is 0 Å². The minimum absolute atomic E-state index is 0.559. The smallest absolute Gasteiger partial charge is 0.123 e. The van der Waals surface area contributed by atoms with Gasteiger partial charge >= 0.3 is 0 Å². The Morgan fingerprint density at radius 2 is 1.81 bits per heavy atom. The number of hydrogen-bond donors (Lipinski definition) is 0. The van der Waals surface area contributed by atoms with Gasteiger partial charge in [0, 0.05) is 16.9 Å². The topological polar surface area (TPSA) is 22.1 Å². The Labute approximate surface area is 166 Å². The average Bonchev–Trinajstić information content (AvgIpc) is 3.28. The number of fused-ring (bicyclic) bond motifs is 1. The first-order valence-electron chi connectivity index (χ1n) is 9.91. The van der Waals surface area contributed by atoms with Crippen LogP contribution in [0.2, 0.25) is 0 Å². The molecule has 1 aliphatic carbocycles. The van der Waals surface area contributed by atoms with Crippen LogP contribution in [0.4, 0.5) is 0 Å². The first kappa shape index (κ1) is 18.2. The molecule has 0 spiro atoms. The van der Waals surface area contributed by atoms with Crippen LogP contribution in [-0.2, 0) is 19.3 Å². The largest absolute Gasteiger partial charge is 0.493 e. The molecular weight excluding hydrogens is 350 g/mol. The Morgan fingerprint density at radius 1 is 1.04 bits per heavy atom. The molecule has 0 bridgehead atoms. The molecule has 0 fully saturated rings. The minimum Gasteiger partial charge on any atom is -0.493 e. The van der Waals surface area contributed by atoms with Crippen LogP contribution in [0.1, 0.15) is 53.4 Å². The summed E-state index contributed by atoms with van der Waals surface area (Å²) in [5.74, 6) is 1.55. The summed E-state index contributed by atoms with van der Waals surface area (Å²) in [6.45, 7) is 7.28. The molecule has 3 aromatic rings. The molecule has 0 radical (unpaired) electrons. The standard InChI is InChI=1S/C24H27NOS/c1-16(2)18-7-9-20(10-8-18)24-25-23(17(3)27-24)13-14-26-22-12-11-19-5-4-6-21(19)15-22/h7-12,15-16H,4-6,13-14H2,1-3H3. The Morgan fingerprint density at radius 3 is 2.59 bits per heavy atom. The highest BCUT2D eigenvalue weighted by atomic mass is 32.1. The Bertz CT molecular complexity index is 924. The summed E-state index contributed by atoms with van der Waals surface area (Å²) < 4.78 is 6.01. The monoisotopic (exact) mass is 377 g/mol. The maximum Gasteiger partial charge on any atom is 0.123 e. The van der Waals surface area contributed by atoms with E-state index in [1.165, 1.54) is 46.4 Å². The van der Waals surface area contributed by atoms with Gasteiger partial charge in [0.15, 0.2) is 0 Å². The Balaban J connectivity index is 1.40. The molecule has 0 unspecified atom stereocenters. The van der Waals surface area contributed by atoms with Crippen molar-refractivity contribution in [3.8, 4) is 16.3 Å². The molecule has 0 atom stereocenters. The number of thiazole rings is 1. The van der Waals surface area contributed by atoms with Gasteiger partial charge in [-0.25, -0.2) is 4.98 Å². The summed E-state index contributed by atoms with van der Waals surface area (Å²) >= 11 is 1.78. The van der Waals surface area contributed by atoms with E-state index in [1.807, 2.05) is 0 Å². The van der Waals surface area contributed by atoms with Crippen LogP contribution in [0.5, 0.6) is 5.75 Å². The van der Waals surface area contributed by atoms with Gasteiger partial charge in [-0.05, 0) is 60.9 Å². The second kappa shape index (κ2) is 7.85. The molecule has 0 amide bonds. The minimum atomic E-state index is 0.559. The number of rotatable bonds is 6. The number of nitrogens with zero attached hydrogens (tertiary/aromatic N) is 1. The molecule has 1 aliphatic rings. The van der Waals surface area contributed by atoms with Gasteiger partial charge in [-0.2, -0.15) is 0 Å². The highest BCUT2D eigenvalue weighted by molar-refractivity contribution is 7.15. The average molecular weight is 378 g/mol. The third-order valence-corrected chi connectivity index (χ3v) is 6.46. The maximum atomic E-state index is 6.01. The van der Waals surface area contributed by atoms with E-state index in [0.29, 0.717) is 12.5 Å². The van der Waals surface area contributed by atoms with Gasteiger partial charge in [0.1, 0.15) is 10.8 Å². The fraction of sp³-hybridized carbons (Fsp3) is 0.375. The van der Waals surface area contributed by atoms with Crippen LogP contribution in [-0.4, -0.2) is 11.6 Å². The summed E-state index contributed by atoms with van der Waals surface area (Å²) in [5.41, 5.74) is 6.69. The molecule has 4 rings (SSSR count). The molecule has 3 heteroatoms. The van der Waals surface area contributed by atoms with Crippen molar-refractivity contribution in [2.45, 2.75) is 52.4 Å². The number of ether oxygens (including phenoxy) is 1. The molecule has 27 heavy (non-hydrogen) atoms. The number of aromatic nitrogens is 1. The van der Waals surface area contributed by atoms with Crippen molar-refractivity contribution in [1.82, 2.24) is 4.98 Å². The van der Waals surface area contributed by atoms with Gasteiger partial charge in [-0.15, -0.1) is 11.3 Å². The predicted octanol–water partition coefficient (Wildman–Crippen LogP) is 6.35. The van der Waals surface area contributed by atoms with E-state index in [-0.39, 0.29) is 0 Å². The third-order valence-electron chi connectivity index (χ3n) is 5.39. The highest BCUT2D eigenvalue weighted by Crippen LogP contribution is 2.30. The lowest BCUT2D eigenvalue weighted by Gasteiger charge is -2.07. The van der Waals surface area contributed by atoms with Crippen molar-refractivity contribution >= 4 is 11.3 Å². The first-order chi connectivity index (χ1) is 13.1. The lowest BCUT2D eigenvalue weighted by Crippen LogP contribution is -2.03. The fourth-order valence-corrected chi connectivity index (χ4v) is 4.66. The zero-order chi connectivity index (χ0) is 18.8. The zero-order valence-corrected chi connectivity index (χ0v) is 17.2. The Hall–Kier alpha value is -2.13. The van der Waals surface area contributed by atoms with Crippen molar-refractivity contribution in [2.24, 2.45) is 0 Å². The molecule has 1 aromatic heterocycles. The SMILES string of the molecule is Cc1sc(-c2ccc(C(C)C)cc2)nc1CCOc1ccc2c(c1)CCC2. The second-order valence-corrected chi connectivity index (χ2v) is 8.88. The number of aryl methyl sites for hydroxylation is 3. The van der Waals surface area contributed by atoms with Crippen LogP contribution < -0.4 is 4.74 Å². The van der Waals surface area contributed by atoms with Crippen molar-refractivity contribution in [3.05, 3.63) is 69.7 Å². The van der Waals surface area contributed by atoms with Crippen molar-refractivity contribution in [3.63, 3.8) is 0 Å². The molecule has 1 heterocycles. The van der Waals surface area contributed by atoms with Gasteiger partial charge in [0.05, 0.1) is 12.3 Å². The summed E-state index contributed by atoms with van der Waals surface area (Å²) in [6.07, 6.45) is 4.53. The van der Waals surface area contributed by atoms with Gasteiger partial charge in [0.2, 0.25) is 0 Å². The molecule has 0 saturated carbocycles. The van der Waals surface area contributed by atoms with Gasteiger partial charge in [-0.1, -0.05) is 44.2 Å². The molecular formula is C24H27NOS. The van der Waals surface area contributed by atoms with Crippen molar-refractivity contribution < 1.29 is 4.74 Å². The molecule has 0 aliphatic heterocycles.